The molecule has 0 N–H and O–H groups in total. The Morgan fingerprint density at radius 2 is 1.74 bits per heavy atom. The van der Waals surface area contributed by atoms with Crippen LogP contribution in [-0.2, 0) is 14.8 Å². The van der Waals surface area contributed by atoms with Crippen molar-refractivity contribution in [3.8, 4) is 0 Å². The lowest BCUT2D eigenvalue weighted by molar-refractivity contribution is -0.130. The lowest BCUT2D eigenvalue weighted by Crippen LogP contribution is -2.44. The summed E-state index contributed by atoms with van der Waals surface area (Å²) >= 11 is 6.07. The maximum absolute atomic E-state index is 13.2. The van der Waals surface area contributed by atoms with E-state index in [0.717, 1.165) is 30.0 Å². The highest BCUT2D eigenvalue weighted by atomic mass is 35.5. The van der Waals surface area contributed by atoms with E-state index in [1.54, 1.807) is 54.4 Å². The van der Waals surface area contributed by atoms with Crippen LogP contribution < -0.4 is 4.31 Å². The van der Waals surface area contributed by atoms with Gasteiger partial charge in [0.15, 0.2) is 0 Å². The molecule has 5 nitrogen and oxygen atoms in total. The predicted octanol–water partition coefficient (Wildman–Crippen LogP) is 3.94. The van der Waals surface area contributed by atoms with Crippen LogP contribution in [0.4, 0.5) is 5.69 Å². The van der Waals surface area contributed by atoms with Gasteiger partial charge in [-0.1, -0.05) is 48.7 Å². The predicted molar refractivity (Wildman–Crippen MR) is 107 cm³/mol. The summed E-state index contributed by atoms with van der Waals surface area (Å²) < 4.78 is 27.6. The molecule has 0 heterocycles. The number of anilines is 1. The van der Waals surface area contributed by atoms with Crippen molar-refractivity contribution in [3.05, 3.63) is 59.6 Å². The molecule has 1 amide bonds. The second-order valence-electron chi connectivity index (χ2n) is 6.75. The van der Waals surface area contributed by atoms with Gasteiger partial charge in [0.05, 0.1) is 10.6 Å². The molecule has 3 rings (SSSR count). The normalized spacial score (nSPS) is 14.9. The monoisotopic (exact) mass is 406 g/mol. The molecule has 0 spiro atoms. The molecule has 2 aromatic carbocycles. The Labute approximate surface area is 165 Å². The molecule has 1 saturated carbocycles. The molecule has 0 aromatic heterocycles. The van der Waals surface area contributed by atoms with E-state index in [1.807, 2.05) is 0 Å². The molecular formula is C20H23ClN2O3S. The van der Waals surface area contributed by atoms with Gasteiger partial charge in [0.25, 0.3) is 10.0 Å². The minimum Gasteiger partial charge on any atom is -0.341 e. The summed E-state index contributed by atoms with van der Waals surface area (Å²) in [5, 5.41) is 0.414. The Bertz CT molecular complexity index is 896. The summed E-state index contributed by atoms with van der Waals surface area (Å²) in [6.45, 7) is -0.259. The van der Waals surface area contributed by atoms with Gasteiger partial charge in [0, 0.05) is 18.1 Å². The summed E-state index contributed by atoms with van der Waals surface area (Å²) in [5.74, 6) is -0.221. The molecule has 1 aliphatic rings. The number of likely N-dealkylation sites (N-methyl/N-ethyl adjacent to an activating group) is 1. The van der Waals surface area contributed by atoms with Gasteiger partial charge in [-0.3, -0.25) is 9.10 Å². The average Bonchev–Trinajstić information content (AvgIpc) is 3.20. The summed E-state index contributed by atoms with van der Waals surface area (Å²) in [6, 6.07) is 14.9. The van der Waals surface area contributed by atoms with Gasteiger partial charge < -0.3 is 4.90 Å². The minimum atomic E-state index is -3.90. The molecule has 0 radical (unpaired) electrons. The van der Waals surface area contributed by atoms with Crippen LogP contribution in [0, 0.1) is 0 Å². The molecule has 144 valence electrons. The number of hydrogen-bond donors (Lipinski definition) is 0. The van der Waals surface area contributed by atoms with Gasteiger partial charge in [-0.05, 0) is 43.2 Å². The fraction of sp³-hybridized carbons (Fsp3) is 0.350. The maximum atomic E-state index is 13.2. The van der Waals surface area contributed by atoms with Crippen molar-refractivity contribution in [2.75, 3.05) is 17.9 Å². The van der Waals surface area contributed by atoms with Crippen LogP contribution in [0.3, 0.4) is 0 Å². The van der Waals surface area contributed by atoms with E-state index in [1.165, 1.54) is 12.1 Å². The highest BCUT2D eigenvalue weighted by Gasteiger charge is 2.30. The third-order valence-electron chi connectivity index (χ3n) is 4.97. The third-order valence-corrected chi connectivity index (χ3v) is 7.00. The first-order chi connectivity index (χ1) is 12.9. The molecule has 1 fully saturated rings. The Morgan fingerprint density at radius 3 is 2.37 bits per heavy atom. The highest BCUT2D eigenvalue weighted by Crippen LogP contribution is 2.27. The second-order valence-corrected chi connectivity index (χ2v) is 9.05. The number of carbonyl (C=O) groups is 1. The van der Waals surface area contributed by atoms with E-state index in [2.05, 4.69) is 0 Å². The van der Waals surface area contributed by atoms with Crippen molar-refractivity contribution < 1.29 is 13.2 Å². The number of sulfonamides is 1. The lowest BCUT2D eigenvalue weighted by Gasteiger charge is -2.29. The third kappa shape index (κ3) is 4.45. The molecule has 0 aliphatic heterocycles. The number of nitrogens with zero attached hydrogens (tertiary/aromatic N) is 2. The number of hydrogen-bond acceptors (Lipinski definition) is 3. The SMILES string of the molecule is CN(C(=O)CN(c1cccc(Cl)c1)S(=O)(=O)c1ccccc1)C1CCCC1. The van der Waals surface area contributed by atoms with Crippen molar-refractivity contribution in [2.45, 2.75) is 36.6 Å². The van der Waals surface area contributed by atoms with Crippen molar-refractivity contribution in [1.29, 1.82) is 0 Å². The van der Waals surface area contributed by atoms with Crippen molar-refractivity contribution in [1.82, 2.24) is 4.90 Å². The Balaban J connectivity index is 1.94. The van der Waals surface area contributed by atoms with E-state index in [4.69, 9.17) is 11.6 Å². The van der Waals surface area contributed by atoms with Gasteiger partial charge in [0.1, 0.15) is 6.54 Å². The number of carbonyl (C=O) groups excluding carboxylic acids is 1. The van der Waals surface area contributed by atoms with Crippen LogP contribution >= 0.6 is 11.6 Å². The molecule has 0 bridgehead atoms. The number of rotatable bonds is 6. The average molecular weight is 407 g/mol. The van der Waals surface area contributed by atoms with E-state index >= 15 is 0 Å². The summed E-state index contributed by atoms with van der Waals surface area (Å²) in [6.07, 6.45) is 4.13. The van der Waals surface area contributed by atoms with Crippen LogP contribution in [0.1, 0.15) is 25.7 Å². The summed E-state index contributed by atoms with van der Waals surface area (Å²) in [4.78, 5) is 14.7. The fourth-order valence-corrected chi connectivity index (χ4v) is 5.01. The standard InChI is InChI=1S/C20H23ClN2O3S/c1-22(17-9-5-6-10-17)20(24)15-23(18-11-7-8-16(21)14-18)27(25,26)19-12-3-2-4-13-19/h2-4,7-8,11-14,17H,5-6,9-10,15H2,1H3. The maximum Gasteiger partial charge on any atom is 0.264 e. The largest absolute Gasteiger partial charge is 0.341 e. The van der Waals surface area contributed by atoms with Gasteiger partial charge in [0.2, 0.25) is 5.91 Å². The number of halogens is 1. The van der Waals surface area contributed by atoms with Crippen molar-refractivity contribution in [3.63, 3.8) is 0 Å². The first-order valence-electron chi connectivity index (χ1n) is 8.98. The second kappa shape index (κ2) is 8.31. The fourth-order valence-electron chi connectivity index (χ4n) is 3.40. The van der Waals surface area contributed by atoms with Crippen LogP contribution in [0.5, 0.6) is 0 Å². The smallest absolute Gasteiger partial charge is 0.264 e. The zero-order chi connectivity index (χ0) is 19.4. The van der Waals surface area contributed by atoms with E-state index < -0.39 is 10.0 Å². The Morgan fingerprint density at radius 1 is 1.07 bits per heavy atom. The zero-order valence-electron chi connectivity index (χ0n) is 15.2. The van der Waals surface area contributed by atoms with Crippen LogP contribution in [0.15, 0.2) is 59.5 Å². The Kier molecular flexibility index (Phi) is 6.07. The molecule has 0 saturated heterocycles. The summed E-state index contributed by atoms with van der Waals surface area (Å²) in [7, 11) is -2.14. The first-order valence-corrected chi connectivity index (χ1v) is 10.8. The van der Waals surface area contributed by atoms with Crippen molar-refractivity contribution >= 4 is 33.2 Å². The quantitative estimate of drug-likeness (QED) is 0.730. The Hall–Kier alpha value is -2.05. The molecule has 0 atom stereocenters. The first kappa shape index (κ1) is 19.7. The minimum absolute atomic E-state index is 0.140. The molecule has 0 unspecified atom stereocenters. The topological polar surface area (TPSA) is 57.7 Å². The van der Waals surface area contributed by atoms with E-state index in [9.17, 15) is 13.2 Å². The van der Waals surface area contributed by atoms with Gasteiger partial charge in [-0.15, -0.1) is 0 Å². The van der Waals surface area contributed by atoms with Gasteiger partial charge >= 0.3 is 0 Å². The lowest BCUT2D eigenvalue weighted by atomic mass is 10.2. The van der Waals surface area contributed by atoms with Gasteiger partial charge in [-0.25, -0.2) is 8.42 Å². The highest BCUT2D eigenvalue weighted by molar-refractivity contribution is 7.92. The molecule has 7 heteroatoms. The molecular weight excluding hydrogens is 384 g/mol. The molecule has 2 aromatic rings. The van der Waals surface area contributed by atoms with Gasteiger partial charge in [-0.2, -0.15) is 0 Å². The number of amides is 1. The molecule has 1 aliphatic carbocycles. The zero-order valence-corrected chi connectivity index (χ0v) is 16.8. The molecule has 27 heavy (non-hydrogen) atoms. The number of benzene rings is 2. The van der Waals surface area contributed by atoms with Crippen LogP contribution in [-0.4, -0.2) is 38.9 Å². The van der Waals surface area contributed by atoms with Crippen LogP contribution in [0.2, 0.25) is 5.02 Å². The van der Waals surface area contributed by atoms with E-state index in [0.29, 0.717) is 10.7 Å². The summed E-state index contributed by atoms with van der Waals surface area (Å²) in [5.41, 5.74) is 0.375. The van der Waals surface area contributed by atoms with E-state index in [-0.39, 0.29) is 23.4 Å². The van der Waals surface area contributed by atoms with Crippen LogP contribution in [0.25, 0.3) is 0 Å². The van der Waals surface area contributed by atoms with Crippen molar-refractivity contribution in [2.24, 2.45) is 0 Å².